The second-order valence-electron chi connectivity index (χ2n) is 6.66. The number of nitrogens with one attached hydrogen (secondary N) is 1. The lowest BCUT2D eigenvalue weighted by Gasteiger charge is -2.20. The Morgan fingerprint density at radius 2 is 2.04 bits per heavy atom. The van der Waals surface area contributed by atoms with Crippen molar-refractivity contribution in [2.45, 2.75) is 52.5 Å². The van der Waals surface area contributed by atoms with Crippen LogP contribution in [0, 0.1) is 19.8 Å². The molecule has 0 atom stereocenters. The number of aryl methyl sites for hydroxylation is 2. The molecule has 2 aliphatic rings. The van der Waals surface area contributed by atoms with Gasteiger partial charge in [0.2, 0.25) is 5.91 Å². The van der Waals surface area contributed by atoms with E-state index >= 15 is 0 Å². The lowest BCUT2D eigenvalue weighted by Crippen LogP contribution is -2.36. The van der Waals surface area contributed by atoms with E-state index < -0.39 is 0 Å². The Balaban J connectivity index is 1.62. The predicted octanol–water partition coefficient (Wildman–Crippen LogP) is 3.87. The molecule has 1 aliphatic heterocycles. The Hall–Kier alpha value is -1.75. The largest absolute Gasteiger partial charge is 0.310 e. The van der Waals surface area contributed by atoms with Gasteiger partial charge in [-0.3, -0.25) is 9.79 Å². The maximum Gasteiger partial charge on any atom is 0.228 e. The molecule has 2 aromatic heterocycles. The third kappa shape index (κ3) is 2.57. The number of amides is 1. The first-order chi connectivity index (χ1) is 11.1. The number of thiophene rings is 1. The number of nitrogens with zero attached hydrogens (tertiary/aromatic N) is 2. The number of carbonyl (C=O) groups excluding carboxylic acids is 1. The highest BCUT2D eigenvalue weighted by Crippen LogP contribution is 2.36. The van der Waals surface area contributed by atoms with Gasteiger partial charge in [-0.2, -0.15) is 0 Å². The number of carbonyl (C=O) groups is 1. The molecule has 1 N–H and O–H groups in total. The quantitative estimate of drug-likeness (QED) is 0.864. The maximum absolute atomic E-state index is 12.5. The Morgan fingerprint density at radius 3 is 2.83 bits per heavy atom. The number of aromatic nitrogens is 1. The summed E-state index contributed by atoms with van der Waals surface area (Å²) in [6.07, 6.45) is 5.62. The Kier molecular flexibility index (Phi) is 3.68. The summed E-state index contributed by atoms with van der Waals surface area (Å²) in [5.74, 6) is 1.07. The summed E-state index contributed by atoms with van der Waals surface area (Å²) in [6, 6.07) is 2.12. The van der Waals surface area contributed by atoms with Gasteiger partial charge in [0.25, 0.3) is 0 Å². The van der Waals surface area contributed by atoms with Gasteiger partial charge in [-0.1, -0.05) is 19.3 Å². The van der Waals surface area contributed by atoms with Gasteiger partial charge in [-0.15, -0.1) is 11.3 Å². The van der Waals surface area contributed by atoms with E-state index in [4.69, 9.17) is 0 Å². The molecule has 120 valence electrons. The lowest BCUT2D eigenvalue weighted by atomic mass is 9.88. The molecule has 5 heteroatoms. The summed E-state index contributed by atoms with van der Waals surface area (Å²) < 4.78 is 0. The van der Waals surface area contributed by atoms with Gasteiger partial charge in [0, 0.05) is 22.6 Å². The monoisotopic (exact) mass is 327 g/mol. The molecule has 1 saturated carbocycles. The number of rotatable bonds is 1. The van der Waals surface area contributed by atoms with Crippen molar-refractivity contribution >= 4 is 33.3 Å². The molecule has 1 amide bonds. The van der Waals surface area contributed by atoms with Crippen LogP contribution in [0.1, 0.15) is 53.8 Å². The molecule has 4 rings (SSSR count). The summed E-state index contributed by atoms with van der Waals surface area (Å²) in [6.45, 7) is 4.81. The highest BCUT2D eigenvalue weighted by Gasteiger charge is 2.27. The van der Waals surface area contributed by atoms with Crippen LogP contribution in [0.5, 0.6) is 0 Å². The first-order valence-electron chi connectivity index (χ1n) is 8.39. The second-order valence-corrected chi connectivity index (χ2v) is 7.66. The van der Waals surface area contributed by atoms with Crippen LogP contribution in [-0.2, 0) is 11.3 Å². The molecule has 0 spiro atoms. The molecular formula is C18H21N3OS. The van der Waals surface area contributed by atoms with Crippen LogP contribution < -0.4 is 5.32 Å². The molecular weight excluding hydrogens is 306 g/mol. The topological polar surface area (TPSA) is 54.4 Å². The smallest absolute Gasteiger partial charge is 0.228 e. The second kappa shape index (κ2) is 5.71. The Bertz CT molecular complexity index is 815. The average Bonchev–Trinajstić information content (AvgIpc) is 3.07. The van der Waals surface area contributed by atoms with Crippen molar-refractivity contribution in [1.29, 1.82) is 0 Å². The third-order valence-electron chi connectivity index (χ3n) is 4.91. The lowest BCUT2D eigenvalue weighted by molar-refractivity contribution is -0.124. The first-order valence-corrected chi connectivity index (χ1v) is 9.20. The minimum Gasteiger partial charge on any atom is -0.310 e. The van der Waals surface area contributed by atoms with Gasteiger partial charge in [0.15, 0.2) is 0 Å². The van der Waals surface area contributed by atoms with Gasteiger partial charge < -0.3 is 5.32 Å². The molecule has 2 aromatic rings. The molecule has 0 unspecified atom stereocenters. The van der Waals surface area contributed by atoms with Crippen molar-refractivity contribution in [2.24, 2.45) is 10.9 Å². The third-order valence-corrected chi connectivity index (χ3v) is 6.05. The number of hydrogen-bond acceptors (Lipinski definition) is 4. The number of fused-ring (bicyclic) bond motifs is 3. The summed E-state index contributed by atoms with van der Waals surface area (Å²) in [7, 11) is 0. The zero-order valence-corrected chi connectivity index (χ0v) is 14.4. The summed E-state index contributed by atoms with van der Waals surface area (Å²) in [5.41, 5.74) is 3.52. The van der Waals surface area contributed by atoms with Crippen molar-refractivity contribution in [1.82, 2.24) is 10.3 Å². The molecule has 0 bridgehead atoms. The zero-order valence-electron chi connectivity index (χ0n) is 13.6. The first kappa shape index (κ1) is 14.8. The molecule has 1 fully saturated rings. The van der Waals surface area contributed by atoms with Crippen molar-refractivity contribution in [3.8, 4) is 0 Å². The molecule has 0 saturated heterocycles. The standard InChI is InChI=1S/C18H21N3OS/c1-10-8-11(2)20-18-14(10)13-9-19-16(15(13)23-18)21-17(22)12-6-4-3-5-7-12/h8,12H,3-7,9H2,1-2H3,(H,19,21,22). The zero-order chi connectivity index (χ0) is 16.0. The highest BCUT2D eigenvalue weighted by atomic mass is 32.1. The van der Waals surface area contributed by atoms with Crippen LogP contribution in [0.25, 0.3) is 10.2 Å². The fraction of sp³-hybridized carbons (Fsp3) is 0.500. The number of hydrogen-bond donors (Lipinski definition) is 1. The van der Waals surface area contributed by atoms with E-state index in [2.05, 4.69) is 28.3 Å². The molecule has 0 aromatic carbocycles. The van der Waals surface area contributed by atoms with E-state index in [0.717, 1.165) is 34.1 Å². The number of aliphatic imine (C=N–C) groups is 1. The van der Waals surface area contributed by atoms with Crippen molar-refractivity contribution in [2.75, 3.05) is 0 Å². The average molecular weight is 327 g/mol. The van der Waals surface area contributed by atoms with Gasteiger partial charge in [-0.05, 0) is 38.3 Å². The van der Waals surface area contributed by atoms with Crippen molar-refractivity contribution < 1.29 is 4.79 Å². The normalized spacial score (nSPS) is 18.1. The Morgan fingerprint density at radius 1 is 1.26 bits per heavy atom. The summed E-state index contributed by atoms with van der Waals surface area (Å²) >= 11 is 1.65. The Labute approximate surface area is 140 Å². The van der Waals surface area contributed by atoms with Crippen LogP contribution in [0.15, 0.2) is 11.1 Å². The number of pyridine rings is 1. The molecule has 0 radical (unpaired) electrons. The van der Waals surface area contributed by atoms with Crippen LogP contribution >= 0.6 is 11.3 Å². The van der Waals surface area contributed by atoms with E-state index in [1.54, 1.807) is 11.3 Å². The van der Waals surface area contributed by atoms with Gasteiger partial charge in [0.1, 0.15) is 10.7 Å². The van der Waals surface area contributed by atoms with Gasteiger partial charge >= 0.3 is 0 Å². The van der Waals surface area contributed by atoms with E-state index in [1.165, 1.54) is 35.8 Å². The minimum atomic E-state index is 0.148. The molecule has 23 heavy (non-hydrogen) atoms. The molecule has 4 nitrogen and oxygen atoms in total. The summed E-state index contributed by atoms with van der Waals surface area (Å²) in [5, 5.41) is 4.32. The fourth-order valence-corrected chi connectivity index (χ4v) is 5.04. The van der Waals surface area contributed by atoms with Crippen LogP contribution in [0.2, 0.25) is 0 Å². The van der Waals surface area contributed by atoms with Crippen LogP contribution in [0.3, 0.4) is 0 Å². The van der Waals surface area contributed by atoms with E-state index in [1.807, 2.05) is 6.92 Å². The molecule has 1 aliphatic carbocycles. The predicted molar refractivity (Wildman–Crippen MR) is 94.1 cm³/mol. The van der Waals surface area contributed by atoms with E-state index in [9.17, 15) is 4.79 Å². The van der Waals surface area contributed by atoms with E-state index in [-0.39, 0.29) is 11.8 Å². The fourth-order valence-electron chi connectivity index (χ4n) is 3.77. The minimum absolute atomic E-state index is 0.148. The van der Waals surface area contributed by atoms with Crippen LogP contribution in [0.4, 0.5) is 0 Å². The highest BCUT2D eigenvalue weighted by molar-refractivity contribution is 7.20. The van der Waals surface area contributed by atoms with Gasteiger partial charge in [0.05, 0.1) is 11.4 Å². The van der Waals surface area contributed by atoms with Crippen molar-refractivity contribution in [3.05, 3.63) is 27.8 Å². The van der Waals surface area contributed by atoms with Crippen LogP contribution in [-0.4, -0.2) is 16.7 Å². The maximum atomic E-state index is 12.5. The SMILES string of the molecule is Cc1cc(C)c2c3c(sc2n1)C(NC(=O)C1CCCCC1)=NC3. The van der Waals surface area contributed by atoms with Crippen molar-refractivity contribution in [3.63, 3.8) is 0 Å². The van der Waals surface area contributed by atoms with E-state index in [0.29, 0.717) is 6.54 Å². The molecule has 3 heterocycles. The van der Waals surface area contributed by atoms with Gasteiger partial charge in [-0.25, -0.2) is 4.98 Å². The number of amidine groups is 1. The summed E-state index contributed by atoms with van der Waals surface area (Å²) in [4.78, 5) is 23.9.